The lowest BCUT2D eigenvalue weighted by molar-refractivity contribution is 0.475. The van der Waals surface area contributed by atoms with Gasteiger partial charge in [-0.3, -0.25) is 0 Å². The number of hydrogen-bond acceptors (Lipinski definition) is 2. The van der Waals surface area contributed by atoms with Crippen LogP contribution in [0.5, 0.6) is 5.75 Å². The van der Waals surface area contributed by atoms with Crippen molar-refractivity contribution in [1.82, 2.24) is 0 Å². The van der Waals surface area contributed by atoms with Crippen LogP contribution in [0.25, 0.3) is 20.9 Å². The van der Waals surface area contributed by atoms with Crippen molar-refractivity contribution >= 4 is 20.7 Å². The predicted molar refractivity (Wildman–Crippen MR) is 83.9 cm³/mol. The van der Waals surface area contributed by atoms with Gasteiger partial charge in [-0.1, -0.05) is 29.8 Å². The van der Waals surface area contributed by atoms with Crippen molar-refractivity contribution in [2.45, 2.75) is 6.92 Å². The van der Waals surface area contributed by atoms with Crippen LogP contribution in [-0.4, -0.2) is 5.11 Å². The maximum Gasteiger partial charge on any atom is 0.301 e. The highest BCUT2D eigenvalue weighted by Gasteiger charge is 2.16. The average Bonchev–Trinajstić information content (AvgIpc) is 2.90. The standard InChI is InChI=1S/C16H12OS2/c1-11-2-4-12(5-3-11)15-10-16(19-18-15)13-6-8-14(17)9-7-13/h2-10H,1H3/p+1. The van der Waals surface area contributed by atoms with Crippen molar-refractivity contribution < 1.29 is 5.11 Å². The molecule has 0 unspecified atom stereocenters. The summed E-state index contributed by atoms with van der Waals surface area (Å²) in [4.78, 5) is 2.52. The van der Waals surface area contributed by atoms with Crippen molar-refractivity contribution in [2.24, 2.45) is 0 Å². The Morgan fingerprint density at radius 2 is 1.53 bits per heavy atom. The van der Waals surface area contributed by atoms with Gasteiger partial charge in [-0.25, -0.2) is 0 Å². The molecule has 0 saturated heterocycles. The molecule has 0 aliphatic rings. The second-order valence-corrected chi connectivity index (χ2v) is 6.67. The normalized spacial score (nSPS) is 10.6. The Bertz CT molecular complexity index is 622. The molecule has 3 heteroatoms. The minimum absolute atomic E-state index is 0.308. The average molecular weight is 285 g/mol. The molecule has 1 heterocycles. The Morgan fingerprint density at radius 1 is 0.895 bits per heavy atom. The molecule has 0 spiro atoms. The van der Waals surface area contributed by atoms with Crippen LogP contribution in [0, 0.1) is 6.92 Å². The monoisotopic (exact) mass is 285 g/mol. The largest absolute Gasteiger partial charge is 0.508 e. The number of rotatable bonds is 2. The zero-order chi connectivity index (χ0) is 13.2. The fourth-order valence-corrected chi connectivity index (χ4v) is 4.32. The van der Waals surface area contributed by atoms with Gasteiger partial charge in [-0.2, -0.15) is 0 Å². The molecule has 0 bridgehead atoms. The molecule has 1 aromatic heterocycles. The van der Waals surface area contributed by atoms with E-state index in [-0.39, 0.29) is 0 Å². The predicted octanol–water partition coefficient (Wildman–Crippen LogP) is 5.44. The highest BCUT2D eigenvalue weighted by atomic mass is 32.9. The first-order chi connectivity index (χ1) is 9.22. The minimum Gasteiger partial charge on any atom is -0.508 e. The highest BCUT2D eigenvalue weighted by molar-refractivity contribution is 7.72. The van der Waals surface area contributed by atoms with E-state index in [1.54, 1.807) is 32.8 Å². The van der Waals surface area contributed by atoms with Crippen LogP contribution in [0.2, 0.25) is 0 Å². The summed E-state index contributed by atoms with van der Waals surface area (Å²) in [7, 11) is 3.55. The number of aromatic hydroxyl groups is 1. The van der Waals surface area contributed by atoms with Crippen molar-refractivity contribution in [3.05, 3.63) is 60.2 Å². The summed E-state index contributed by atoms with van der Waals surface area (Å²) in [5.41, 5.74) is 3.69. The molecule has 0 radical (unpaired) electrons. The van der Waals surface area contributed by atoms with E-state index >= 15 is 0 Å². The Kier molecular flexibility index (Phi) is 3.32. The van der Waals surface area contributed by atoms with Gasteiger partial charge in [0, 0.05) is 11.6 Å². The van der Waals surface area contributed by atoms with Gasteiger partial charge in [0.15, 0.2) is 10.3 Å². The Hall–Kier alpha value is -1.71. The topological polar surface area (TPSA) is 20.2 Å². The van der Waals surface area contributed by atoms with E-state index in [1.165, 1.54) is 20.9 Å². The minimum atomic E-state index is 0.308. The molecule has 2 aromatic carbocycles. The summed E-state index contributed by atoms with van der Waals surface area (Å²) in [5.74, 6) is 0.308. The number of phenolic OH excluding ortho intramolecular Hbond substituents is 1. The van der Waals surface area contributed by atoms with Crippen LogP contribution in [0.4, 0.5) is 0 Å². The quantitative estimate of drug-likeness (QED) is 0.491. The lowest BCUT2D eigenvalue weighted by atomic mass is 10.1. The molecule has 0 saturated carbocycles. The van der Waals surface area contributed by atoms with Crippen LogP contribution in [0.3, 0.4) is 0 Å². The molecule has 0 fully saturated rings. The summed E-state index contributed by atoms with van der Waals surface area (Å²) >= 11 is 0. The fourth-order valence-electron chi connectivity index (χ4n) is 1.86. The zero-order valence-corrected chi connectivity index (χ0v) is 12.1. The number of benzene rings is 2. The smallest absolute Gasteiger partial charge is 0.301 e. The van der Waals surface area contributed by atoms with Crippen LogP contribution < -0.4 is 0 Å². The van der Waals surface area contributed by atoms with Gasteiger partial charge in [-0.05, 0) is 36.8 Å². The molecular formula is C16H13OS2+. The second kappa shape index (κ2) is 5.11. The van der Waals surface area contributed by atoms with Crippen LogP contribution in [0.1, 0.15) is 5.56 Å². The molecule has 19 heavy (non-hydrogen) atoms. The van der Waals surface area contributed by atoms with E-state index in [1.807, 2.05) is 12.1 Å². The molecule has 0 atom stereocenters. The third-order valence-corrected chi connectivity index (χ3v) is 5.45. The maximum atomic E-state index is 9.32. The van der Waals surface area contributed by atoms with Crippen LogP contribution in [-0.2, 0) is 0 Å². The van der Waals surface area contributed by atoms with Crippen molar-refractivity contribution in [1.29, 1.82) is 0 Å². The molecule has 0 aliphatic heterocycles. The van der Waals surface area contributed by atoms with E-state index in [4.69, 9.17) is 0 Å². The third kappa shape index (κ3) is 2.67. The van der Waals surface area contributed by atoms with Gasteiger partial charge >= 0.3 is 10.3 Å². The van der Waals surface area contributed by atoms with E-state index in [0.717, 1.165) is 5.56 Å². The van der Waals surface area contributed by atoms with Crippen molar-refractivity contribution in [2.75, 3.05) is 0 Å². The summed E-state index contributed by atoms with van der Waals surface area (Å²) in [6, 6.07) is 18.2. The van der Waals surface area contributed by atoms with E-state index in [0.29, 0.717) is 5.75 Å². The molecule has 3 rings (SSSR count). The number of aryl methyl sites for hydroxylation is 1. The first-order valence-corrected chi connectivity index (χ1v) is 8.17. The Balaban J connectivity index is 1.95. The third-order valence-electron chi connectivity index (χ3n) is 2.97. The van der Waals surface area contributed by atoms with Crippen LogP contribution >= 0.6 is 20.7 Å². The van der Waals surface area contributed by atoms with Crippen molar-refractivity contribution in [3.63, 3.8) is 0 Å². The van der Waals surface area contributed by atoms with Gasteiger partial charge < -0.3 is 5.11 Å². The van der Waals surface area contributed by atoms with Gasteiger partial charge in [-0.15, -0.1) is 0 Å². The molecule has 1 nitrogen and oxygen atoms in total. The van der Waals surface area contributed by atoms with E-state index in [2.05, 4.69) is 37.3 Å². The highest BCUT2D eigenvalue weighted by Crippen LogP contribution is 2.37. The molecule has 0 aliphatic carbocycles. The molecule has 94 valence electrons. The zero-order valence-electron chi connectivity index (χ0n) is 10.5. The van der Waals surface area contributed by atoms with Gasteiger partial charge in [0.1, 0.15) is 5.75 Å². The van der Waals surface area contributed by atoms with Crippen LogP contribution in [0.15, 0.2) is 54.6 Å². The molecular weight excluding hydrogens is 272 g/mol. The summed E-state index contributed by atoms with van der Waals surface area (Å²) in [6.07, 6.45) is 0. The maximum absolute atomic E-state index is 9.32. The Labute approximate surface area is 119 Å². The number of hydrogen-bond donors (Lipinski definition) is 1. The van der Waals surface area contributed by atoms with Gasteiger partial charge in [0.25, 0.3) is 4.88 Å². The van der Waals surface area contributed by atoms with Crippen molar-refractivity contribution in [3.8, 4) is 26.6 Å². The summed E-state index contributed by atoms with van der Waals surface area (Å²) < 4.78 is 0. The lowest BCUT2D eigenvalue weighted by Crippen LogP contribution is -1.74. The number of phenols is 1. The molecule has 0 amide bonds. The molecule has 1 N–H and O–H groups in total. The summed E-state index contributed by atoms with van der Waals surface area (Å²) in [6.45, 7) is 2.10. The lowest BCUT2D eigenvalue weighted by Gasteiger charge is -1.95. The first-order valence-electron chi connectivity index (χ1n) is 6.02. The Morgan fingerprint density at radius 3 is 2.21 bits per heavy atom. The van der Waals surface area contributed by atoms with Gasteiger partial charge in [0.2, 0.25) is 0 Å². The first kappa shape index (κ1) is 12.3. The SMILES string of the molecule is Cc1ccc(-c2cc(-c3ccc(O)cc3)[s+]s2)cc1. The van der Waals surface area contributed by atoms with E-state index < -0.39 is 0 Å². The van der Waals surface area contributed by atoms with E-state index in [9.17, 15) is 5.11 Å². The van der Waals surface area contributed by atoms with Gasteiger partial charge in [0.05, 0.1) is 4.88 Å². The fraction of sp³-hybridized carbons (Fsp3) is 0.0625. The second-order valence-electron chi connectivity index (χ2n) is 4.45. The summed E-state index contributed by atoms with van der Waals surface area (Å²) in [5, 5.41) is 9.32. The molecule has 3 aromatic rings.